The zero-order valence-corrected chi connectivity index (χ0v) is 19.0. The van der Waals surface area contributed by atoms with Crippen LogP contribution >= 0.6 is 35.0 Å². The van der Waals surface area contributed by atoms with Gasteiger partial charge in [-0.25, -0.2) is 10.4 Å². The highest BCUT2D eigenvalue weighted by molar-refractivity contribution is 7.99. The molecule has 162 valence electrons. The van der Waals surface area contributed by atoms with E-state index < -0.39 is 0 Å². The molecule has 1 amide bonds. The summed E-state index contributed by atoms with van der Waals surface area (Å²) in [4.78, 5) is 19.6. The third kappa shape index (κ3) is 6.03. The van der Waals surface area contributed by atoms with Gasteiger partial charge in [-0.05, 0) is 54.1 Å². The van der Waals surface area contributed by atoms with Crippen LogP contribution in [0.25, 0.3) is 11.0 Å². The molecule has 2 N–H and O–H groups in total. The Morgan fingerprint density at radius 2 is 1.94 bits per heavy atom. The van der Waals surface area contributed by atoms with Gasteiger partial charge in [0, 0.05) is 15.6 Å². The van der Waals surface area contributed by atoms with E-state index in [2.05, 4.69) is 20.5 Å². The van der Waals surface area contributed by atoms with E-state index in [4.69, 9.17) is 27.9 Å². The molecule has 0 aliphatic heterocycles. The highest BCUT2D eigenvalue weighted by Gasteiger charge is 2.06. The van der Waals surface area contributed by atoms with Crippen molar-refractivity contribution in [2.45, 2.75) is 11.8 Å². The predicted octanol–water partition coefficient (Wildman–Crippen LogP) is 5.69. The van der Waals surface area contributed by atoms with Crippen LogP contribution in [-0.2, 0) is 11.4 Å². The summed E-state index contributed by atoms with van der Waals surface area (Å²) in [6.45, 7) is 0.336. The number of H-pyrrole nitrogens is 1. The number of hydrogen-bond donors (Lipinski definition) is 2. The SMILES string of the molecule is O=C(CSc1nc2ccccc2[nH]1)N/N=C/c1ccc(OCc2ccc(Cl)cc2Cl)cc1. The summed E-state index contributed by atoms with van der Waals surface area (Å²) in [7, 11) is 0. The number of halogens is 2. The maximum atomic E-state index is 12.0. The van der Waals surface area contributed by atoms with Crippen molar-refractivity contribution in [2.75, 3.05) is 5.75 Å². The monoisotopic (exact) mass is 484 g/mol. The number of thioether (sulfide) groups is 1. The molecule has 4 aromatic rings. The molecule has 0 aliphatic rings. The maximum Gasteiger partial charge on any atom is 0.250 e. The number of carbonyl (C=O) groups is 1. The van der Waals surface area contributed by atoms with E-state index in [0.29, 0.717) is 27.6 Å². The molecule has 4 rings (SSSR count). The van der Waals surface area contributed by atoms with E-state index in [1.807, 2.05) is 54.6 Å². The molecule has 0 spiro atoms. The van der Waals surface area contributed by atoms with E-state index in [1.165, 1.54) is 11.8 Å². The number of aromatic amines is 1. The van der Waals surface area contributed by atoms with E-state index in [1.54, 1.807) is 18.3 Å². The van der Waals surface area contributed by atoms with Crippen LogP contribution in [0.3, 0.4) is 0 Å². The predicted molar refractivity (Wildman–Crippen MR) is 130 cm³/mol. The molecule has 3 aromatic carbocycles. The number of imidazole rings is 1. The number of rotatable bonds is 8. The van der Waals surface area contributed by atoms with Gasteiger partial charge in [0.2, 0.25) is 0 Å². The average molecular weight is 485 g/mol. The Bertz CT molecular complexity index is 1230. The first kappa shape index (κ1) is 22.2. The molecule has 1 heterocycles. The summed E-state index contributed by atoms with van der Waals surface area (Å²) in [5, 5.41) is 5.85. The summed E-state index contributed by atoms with van der Waals surface area (Å²) in [5.41, 5.74) is 6.01. The van der Waals surface area contributed by atoms with Gasteiger partial charge in [-0.2, -0.15) is 5.10 Å². The molecule has 6 nitrogen and oxygen atoms in total. The van der Waals surface area contributed by atoms with Crippen LogP contribution < -0.4 is 10.2 Å². The molecule has 9 heteroatoms. The summed E-state index contributed by atoms with van der Waals surface area (Å²) in [6, 6.07) is 20.4. The van der Waals surface area contributed by atoms with Crippen molar-refractivity contribution in [2.24, 2.45) is 5.10 Å². The van der Waals surface area contributed by atoms with E-state index in [-0.39, 0.29) is 11.7 Å². The molecule has 0 atom stereocenters. The van der Waals surface area contributed by atoms with E-state index >= 15 is 0 Å². The molecule has 0 bridgehead atoms. The lowest BCUT2D eigenvalue weighted by Crippen LogP contribution is -2.19. The van der Waals surface area contributed by atoms with Crippen LogP contribution in [0.4, 0.5) is 0 Å². The van der Waals surface area contributed by atoms with E-state index in [9.17, 15) is 4.79 Å². The number of para-hydroxylation sites is 2. The van der Waals surface area contributed by atoms with E-state index in [0.717, 1.165) is 22.2 Å². The van der Waals surface area contributed by atoms with Crippen molar-refractivity contribution in [1.29, 1.82) is 0 Å². The summed E-state index contributed by atoms with van der Waals surface area (Å²) in [6.07, 6.45) is 1.57. The zero-order valence-electron chi connectivity index (χ0n) is 16.7. The number of carbonyl (C=O) groups excluding carboxylic acids is 1. The third-order valence-electron chi connectivity index (χ3n) is 4.40. The molecular weight excluding hydrogens is 467 g/mol. The van der Waals surface area contributed by atoms with Gasteiger partial charge in [0.05, 0.1) is 23.0 Å². The fourth-order valence-electron chi connectivity index (χ4n) is 2.79. The number of ether oxygens (including phenoxy) is 1. The lowest BCUT2D eigenvalue weighted by Gasteiger charge is -2.08. The number of fused-ring (bicyclic) bond motifs is 1. The number of hydrogen-bond acceptors (Lipinski definition) is 5. The van der Waals surface area contributed by atoms with Crippen molar-refractivity contribution in [3.63, 3.8) is 0 Å². The van der Waals surface area contributed by atoms with Gasteiger partial charge in [-0.3, -0.25) is 4.79 Å². The minimum atomic E-state index is -0.216. The van der Waals surface area contributed by atoms with Gasteiger partial charge >= 0.3 is 0 Å². The largest absolute Gasteiger partial charge is 0.489 e. The summed E-state index contributed by atoms with van der Waals surface area (Å²) >= 11 is 13.4. The van der Waals surface area contributed by atoms with Gasteiger partial charge in [0.15, 0.2) is 5.16 Å². The molecule has 0 saturated heterocycles. The number of nitrogens with one attached hydrogen (secondary N) is 2. The molecular formula is C23H18Cl2N4O2S. The Kier molecular flexibility index (Phi) is 7.32. The molecule has 0 aliphatic carbocycles. The fourth-order valence-corrected chi connectivity index (χ4v) is 3.93. The van der Waals surface area contributed by atoms with Crippen molar-refractivity contribution in [1.82, 2.24) is 15.4 Å². The summed E-state index contributed by atoms with van der Waals surface area (Å²) < 4.78 is 5.75. The van der Waals surface area contributed by atoms with Gasteiger partial charge in [-0.1, -0.05) is 53.2 Å². The van der Waals surface area contributed by atoms with Crippen LogP contribution in [0.15, 0.2) is 77.0 Å². The Balaban J connectivity index is 1.23. The number of nitrogens with zero attached hydrogens (tertiary/aromatic N) is 2. The Morgan fingerprint density at radius 1 is 1.12 bits per heavy atom. The molecule has 0 unspecified atom stereocenters. The first-order valence-corrected chi connectivity index (χ1v) is 11.4. The molecule has 0 saturated carbocycles. The van der Waals surface area contributed by atoms with Crippen molar-refractivity contribution >= 4 is 58.1 Å². The third-order valence-corrected chi connectivity index (χ3v) is 5.86. The number of hydrazone groups is 1. The molecule has 0 radical (unpaired) electrons. The van der Waals surface area contributed by atoms with Crippen molar-refractivity contribution in [3.8, 4) is 5.75 Å². The Labute approximate surface area is 199 Å². The number of benzene rings is 3. The molecule has 0 fully saturated rings. The highest BCUT2D eigenvalue weighted by atomic mass is 35.5. The minimum Gasteiger partial charge on any atom is -0.489 e. The first-order chi connectivity index (χ1) is 15.6. The Morgan fingerprint density at radius 3 is 2.72 bits per heavy atom. The fraction of sp³-hybridized carbons (Fsp3) is 0.0870. The first-order valence-electron chi connectivity index (χ1n) is 9.63. The van der Waals surface area contributed by atoms with Crippen LogP contribution in [-0.4, -0.2) is 27.8 Å². The second-order valence-electron chi connectivity index (χ2n) is 6.73. The van der Waals surface area contributed by atoms with Crippen LogP contribution in [0.1, 0.15) is 11.1 Å². The smallest absolute Gasteiger partial charge is 0.250 e. The van der Waals surface area contributed by atoms with Crippen molar-refractivity contribution < 1.29 is 9.53 Å². The topological polar surface area (TPSA) is 79.4 Å². The lowest BCUT2D eigenvalue weighted by atomic mass is 10.2. The highest BCUT2D eigenvalue weighted by Crippen LogP contribution is 2.23. The molecule has 1 aromatic heterocycles. The van der Waals surface area contributed by atoms with Gasteiger partial charge < -0.3 is 9.72 Å². The van der Waals surface area contributed by atoms with Gasteiger partial charge in [0.1, 0.15) is 12.4 Å². The second kappa shape index (κ2) is 10.5. The van der Waals surface area contributed by atoms with Gasteiger partial charge in [-0.15, -0.1) is 0 Å². The van der Waals surface area contributed by atoms with Crippen molar-refractivity contribution in [3.05, 3.63) is 87.9 Å². The quantitative estimate of drug-likeness (QED) is 0.191. The van der Waals surface area contributed by atoms with Crippen LogP contribution in [0.5, 0.6) is 5.75 Å². The number of aromatic nitrogens is 2. The molecule has 32 heavy (non-hydrogen) atoms. The summed E-state index contributed by atoms with van der Waals surface area (Å²) in [5.74, 6) is 0.683. The normalized spacial score (nSPS) is 11.2. The minimum absolute atomic E-state index is 0.206. The standard InChI is InChI=1S/C23H18Cl2N4O2S/c24-17-8-7-16(19(25)11-17)13-31-18-9-5-15(6-10-18)12-26-29-22(30)14-32-23-27-20-3-1-2-4-21(20)28-23/h1-12H,13-14H2,(H,27,28)(H,29,30)/b26-12+. The van der Waals surface area contributed by atoms with Crippen LogP contribution in [0.2, 0.25) is 10.0 Å². The number of amides is 1. The Hall–Kier alpha value is -3.00. The van der Waals surface area contributed by atoms with Gasteiger partial charge in [0.25, 0.3) is 5.91 Å². The zero-order chi connectivity index (χ0) is 22.3. The maximum absolute atomic E-state index is 12.0. The lowest BCUT2D eigenvalue weighted by molar-refractivity contribution is -0.118. The second-order valence-corrected chi connectivity index (χ2v) is 8.54. The van der Waals surface area contributed by atoms with Crippen LogP contribution in [0, 0.1) is 0 Å². The average Bonchev–Trinajstić information content (AvgIpc) is 3.21.